The summed E-state index contributed by atoms with van der Waals surface area (Å²) in [6, 6.07) is 2.14. The van der Waals surface area contributed by atoms with E-state index < -0.39 is 0 Å². The molecule has 0 radical (unpaired) electrons. The fraction of sp³-hybridized carbons (Fsp3) is 0.385. The minimum Gasteiger partial charge on any atom is -0.396 e. The number of anilines is 1. The minimum atomic E-state index is 0.172. The van der Waals surface area contributed by atoms with E-state index in [4.69, 9.17) is 5.73 Å². The quantitative estimate of drug-likeness (QED) is 0.785. The van der Waals surface area contributed by atoms with Crippen LogP contribution in [0.3, 0.4) is 0 Å². The van der Waals surface area contributed by atoms with Crippen LogP contribution < -0.4 is 5.73 Å². The Balaban J connectivity index is 2.06. The predicted molar refractivity (Wildman–Crippen MR) is 69.9 cm³/mol. The van der Waals surface area contributed by atoms with Gasteiger partial charge in [0, 0.05) is 18.7 Å². The molecule has 1 saturated carbocycles. The average molecular weight is 244 g/mol. The number of aromatic nitrogens is 3. The lowest BCUT2D eigenvalue weighted by molar-refractivity contribution is 0.249. The smallest absolute Gasteiger partial charge is 0.146 e. The Morgan fingerprint density at radius 3 is 3.00 bits per heavy atom. The molecule has 3 rings (SSSR count). The van der Waals surface area contributed by atoms with Crippen LogP contribution in [-0.4, -0.2) is 26.2 Å². The van der Waals surface area contributed by atoms with Crippen molar-refractivity contribution in [2.24, 2.45) is 5.92 Å². The summed E-state index contributed by atoms with van der Waals surface area (Å²) >= 11 is 0. The van der Waals surface area contributed by atoms with Gasteiger partial charge in [-0.25, -0.2) is 9.97 Å². The predicted octanol–water partition coefficient (Wildman–Crippen LogP) is 1.51. The van der Waals surface area contributed by atoms with Crippen molar-refractivity contribution < 1.29 is 5.11 Å². The first-order chi connectivity index (χ1) is 8.72. The molecule has 2 atom stereocenters. The molecule has 94 valence electrons. The van der Waals surface area contributed by atoms with E-state index in [1.165, 1.54) is 6.33 Å². The van der Waals surface area contributed by atoms with Crippen molar-refractivity contribution in [3.63, 3.8) is 0 Å². The number of nitrogen functional groups attached to an aromatic ring is 1. The molecular weight excluding hydrogens is 228 g/mol. The molecule has 1 aliphatic carbocycles. The summed E-state index contributed by atoms with van der Waals surface area (Å²) in [4.78, 5) is 8.29. The van der Waals surface area contributed by atoms with E-state index in [9.17, 15) is 5.11 Å². The number of aliphatic hydroxyl groups is 1. The first-order valence-electron chi connectivity index (χ1n) is 6.09. The average Bonchev–Trinajstić information content (AvgIpc) is 2.93. The zero-order chi connectivity index (χ0) is 12.7. The van der Waals surface area contributed by atoms with Crippen molar-refractivity contribution >= 4 is 16.9 Å². The number of aliphatic hydroxyl groups excluding tert-OH is 1. The zero-order valence-electron chi connectivity index (χ0n) is 10.1. The van der Waals surface area contributed by atoms with E-state index >= 15 is 0 Å². The highest BCUT2D eigenvalue weighted by atomic mass is 16.3. The summed E-state index contributed by atoms with van der Waals surface area (Å²) in [5.74, 6) is 0.702. The summed E-state index contributed by atoms with van der Waals surface area (Å²) in [7, 11) is 0. The lowest BCUT2D eigenvalue weighted by atomic mass is 10.0. The minimum absolute atomic E-state index is 0.172. The van der Waals surface area contributed by atoms with Gasteiger partial charge in [-0.3, -0.25) is 0 Å². The fourth-order valence-corrected chi connectivity index (χ4v) is 2.77. The molecule has 2 heterocycles. The van der Waals surface area contributed by atoms with Gasteiger partial charge in [0.05, 0.1) is 11.4 Å². The summed E-state index contributed by atoms with van der Waals surface area (Å²) in [5.41, 5.74) is 7.75. The SMILES string of the molecule is C=C1C(CO)CCC1n1ccc2c(N)ncnc21. The van der Waals surface area contributed by atoms with Gasteiger partial charge in [0.1, 0.15) is 17.8 Å². The third-order valence-corrected chi connectivity index (χ3v) is 3.84. The Bertz CT molecular complexity index is 604. The number of nitrogens with zero attached hydrogens (tertiary/aromatic N) is 3. The van der Waals surface area contributed by atoms with Crippen molar-refractivity contribution in [3.8, 4) is 0 Å². The van der Waals surface area contributed by atoms with Crippen LogP contribution in [-0.2, 0) is 0 Å². The number of nitrogens with two attached hydrogens (primary N) is 1. The maximum absolute atomic E-state index is 9.29. The first-order valence-corrected chi connectivity index (χ1v) is 6.09. The second kappa shape index (κ2) is 4.10. The summed E-state index contributed by atoms with van der Waals surface area (Å²) in [5, 5.41) is 10.2. The van der Waals surface area contributed by atoms with E-state index in [1.54, 1.807) is 0 Å². The van der Waals surface area contributed by atoms with Crippen molar-refractivity contribution in [3.05, 3.63) is 30.7 Å². The molecule has 5 heteroatoms. The van der Waals surface area contributed by atoms with Crippen LogP contribution in [0.2, 0.25) is 0 Å². The largest absolute Gasteiger partial charge is 0.396 e. The summed E-state index contributed by atoms with van der Waals surface area (Å²) in [6.45, 7) is 4.29. The molecule has 5 nitrogen and oxygen atoms in total. The van der Waals surface area contributed by atoms with Gasteiger partial charge in [0.2, 0.25) is 0 Å². The Morgan fingerprint density at radius 2 is 2.28 bits per heavy atom. The standard InChI is InChI=1S/C13H16N4O/c1-8-9(6-18)2-3-11(8)17-5-4-10-12(14)15-7-16-13(10)17/h4-5,7,9,11,18H,1-3,6H2,(H2,14,15,16). The summed E-state index contributed by atoms with van der Waals surface area (Å²) in [6.07, 6.45) is 5.42. The lowest BCUT2D eigenvalue weighted by Gasteiger charge is -2.16. The number of rotatable bonds is 2. The molecule has 1 aliphatic rings. The van der Waals surface area contributed by atoms with Crippen LogP contribution in [0.4, 0.5) is 5.82 Å². The summed E-state index contributed by atoms with van der Waals surface area (Å²) < 4.78 is 2.09. The Kier molecular flexibility index (Phi) is 2.56. The zero-order valence-corrected chi connectivity index (χ0v) is 10.1. The second-order valence-corrected chi connectivity index (χ2v) is 4.77. The van der Waals surface area contributed by atoms with E-state index in [0.717, 1.165) is 29.4 Å². The van der Waals surface area contributed by atoms with Crippen LogP contribution in [0.25, 0.3) is 11.0 Å². The van der Waals surface area contributed by atoms with Gasteiger partial charge >= 0.3 is 0 Å². The Labute approximate surface area is 105 Å². The monoisotopic (exact) mass is 244 g/mol. The number of hydrogen-bond donors (Lipinski definition) is 2. The topological polar surface area (TPSA) is 77.0 Å². The highest BCUT2D eigenvalue weighted by Crippen LogP contribution is 2.40. The van der Waals surface area contributed by atoms with E-state index in [-0.39, 0.29) is 18.6 Å². The van der Waals surface area contributed by atoms with E-state index in [2.05, 4.69) is 21.1 Å². The van der Waals surface area contributed by atoms with Gasteiger partial charge in [0.15, 0.2) is 0 Å². The Hall–Kier alpha value is -1.88. The number of fused-ring (bicyclic) bond motifs is 1. The molecule has 0 spiro atoms. The second-order valence-electron chi connectivity index (χ2n) is 4.77. The van der Waals surface area contributed by atoms with E-state index in [0.29, 0.717) is 5.82 Å². The molecular formula is C13H16N4O. The van der Waals surface area contributed by atoms with Gasteiger partial charge in [-0.05, 0) is 24.5 Å². The van der Waals surface area contributed by atoms with Gasteiger partial charge in [-0.1, -0.05) is 6.58 Å². The third kappa shape index (κ3) is 1.51. The van der Waals surface area contributed by atoms with Gasteiger partial charge < -0.3 is 15.4 Å². The van der Waals surface area contributed by atoms with Gasteiger partial charge in [-0.2, -0.15) is 0 Å². The molecule has 3 N–H and O–H groups in total. The molecule has 18 heavy (non-hydrogen) atoms. The molecule has 1 fully saturated rings. The van der Waals surface area contributed by atoms with Crippen LogP contribution in [0.5, 0.6) is 0 Å². The van der Waals surface area contributed by atoms with Crippen LogP contribution in [0.15, 0.2) is 30.7 Å². The normalized spacial score (nSPS) is 23.9. The number of hydrogen-bond acceptors (Lipinski definition) is 4. The molecule has 2 aromatic heterocycles. The third-order valence-electron chi connectivity index (χ3n) is 3.84. The highest BCUT2D eigenvalue weighted by Gasteiger charge is 2.30. The van der Waals surface area contributed by atoms with Crippen molar-refractivity contribution in [2.45, 2.75) is 18.9 Å². The molecule has 2 aromatic rings. The molecule has 2 unspecified atom stereocenters. The lowest BCUT2D eigenvalue weighted by Crippen LogP contribution is -2.10. The first kappa shape index (κ1) is 11.2. The van der Waals surface area contributed by atoms with E-state index in [1.807, 2.05) is 12.3 Å². The van der Waals surface area contributed by atoms with Crippen molar-refractivity contribution in [1.82, 2.24) is 14.5 Å². The van der Waals surface area contributed by atoms with Gasteiger partial charge in [0.25, 0.3) is 0 Å². The van der Waals surface area contributed by atoms with Crippen molar-refractivity contribution in [1.29, 1.82) is 0 Å². The molecule has 0 aromatic carbocycles. The van der Waals surface area contributed by atoms with Crippen LogP contribution in [0.1, 0.15) is 18.9 Å². The van der Waals surface area contributed by atoms with Gasteiger partial charge in [-0.15, -0.1) is 0 Å². The molecule has 0 aliphatic heterocycles. The highest BCUT2D eigenvalue weighted by molar-refractivity contribution is 5.86. The maximum Gasteiger partial charge on any atom is 0.146 e. The maximum atomic E-state index is 9.29. The van der Waals surface area contributed by atoms with Crippen LogP contribution in [0, 0.1) is 5.92 Å². The molecule has 0 bridgehead atoms. The molecule has 0 amide bonds. The Morgan fingerprint density at radius 1 is 1.44 bits per heavy atom. The fourth-order valence-electron chi connectivity index (χ4n) is 2.77. The van der Waals surface area contributed by atoms with Crippen LogP contribution >= 0.6 is 0 Å². The molecule has 0 saturated heterocycles. The van der Waals surface area contributed by atoms with Crippen molar-refractivity contribution in [2.75, 3.05) is 12.3 Å².